The summed E-state index contributed by atoms with van der Waals surface area (Å²) >= 11 is 6.73. The Bertz CT molecular complexity index is 587. The van der Waals surface area contributed by atoms with E-state index in [4.69, 9.17) is 4.74 Å². The van der Waals surface area contributed by atoms with Crippen molar-refractivity contribution in [2.45, 2.75) is 18.8 Å². The molecule has 18 heavy (non-hydrogen) atoms. The molecule has 3 rings (SSSR count). The lowest BCUT2D eigenvalue weighted by molar-refractivity contribution is 0.455. The normalized spacial score (nSPS) is 14.6. The number of pyridine rings is 1. The molecule has 2 heterocycles. The van der Waals surface area contributed by atoms with Crippen molar-refractivity contribution >= 4 is 31.9 Å². The first-order chi connectivity index (χ1) is 8.70. The number of halogens is 2. The molecule has 0 bridgehead atoms. The van der Waals surface area contributed by atoms with Crippen LogP contribution in [0.4, 0.5) is 0 Å². The van der Waals surface area contributed by atoms with E-state index < -0.39 is 0 Å². The third-order valence-corrected chi connectivity index (χ3v) is 3.37. The molecule has 1 aliphatic carbocycles. The highest BCUT2D eigenvalue weighted by Crippen LogP contribution is 2.39. The molecule has 0 amide bonds. The average Bonchev–Trinajstić information content (AvgIpc) is 3.11. The van der Waals surface area contributed by atoms with Crippen LogP contribution in [0.2, 0.25) is 0 Å². The van der Waals surface area contributed by atoms with Gasteiger partial charge in [0, 0.05) is 22.7 Å². The van der Waals surface area contributed by atoms with Crippen molar-refractivity contribution in [3.05, 3.63) is 39.4 Å². The Morgan fingerprint density at radius 3 is 2.67 bits per heavy atom. The summed E-state index contributed by atoms with van der Waals surface area (Å²) in [4.78, 5) is 12.8. The van der Waals surface area contributed by atoms with Gasteiger partial charge in [0.2, 0.25) is 5.88 Å². The Morgan fingerprint density at radius 1 is 1.11 bits per heavy atom. The standard InChI is InChI=1S/C12H9Br2N3O/c13-8-3-9(6-15-5-8)18-11-4-10(14)16-12(17-11)7-1-2-7/h3-7H,1-2H2. The van der Waals surface area contributed by atoms with Gasteiger partial charge < -0.3 is 4.74 Å². The van der Waals surface area contributed by atoms with Gasteiger partial charge in [0.05, 0.1) is 6.20 Å². The minimum Gasteiger partial charge on any atom is -0.437 e. The van der Waals surface area contributed by atoms with Gasteiger partial charge in [-0.05, 0) is 50.8 Å². The predicted octanol–water partition coefficient (Wildman–Crippen LogP) is 4.07. The minimum absolute atomic E-state index is 0.491. The monoisotopic (exact) mass is 369 g/mol. The van der Waals surface area contributed by atoms with Crippen molar-refractivity contribution in [2.24, 2.45) is 0 Å². The minimum atomic E-state index is 0.491. The third-order valence-electron chi connectivity index (χ3n) is 2.53. The zero-order valence-electron chi connectivity index (χ0n) is 9.31. The Morgan fingerprint density at radius 2 is 1.94 bits per heavy atom. The molecule has 0 spiro atoms. The lowest BCUT2D eigenvalue weighted by Crippen LogP contribution is -1.96. The Balaban J connectivity index is 1.87. The van der Waals surface area contributed by atoms with Crippen molar-refractivity contribution in [2.75, 3.05) is 0 Å². The second-order valence-corrected chi connectivity index (χ2v) is 5.83. The Kier molecular flexibility index (Phi) is 3.30. The van der Waals surface area contributed by atoms with E-state index >= 15 is 0 Å². The van der Waals surface area contributed by atoms with E-state index in [9.17, 15) is 0 Å². The second-order valence-electron chi connectivity index (χ2n) is 4.10. The molecule has 0 atom stereocenters. The number of nitrogens with zero attached hydrogens (tertiary/aromatic N) is 3. The number of rotatable bonds is 3. The van der Waals surface area contributed by atoms with Crippen LogP contribution in [0.5, 0.6) is 11.6 Å². The van der Waals surface area contributed by atoms with E-state index in [1.54, 1.807) is 18.5 Å². The van der Waals surface area contributed by atoms with Gasteiger partial charge in [-0.3, -0.25) is 4.98 Å². The van der Waals surface area contributed by atoms with Crippen LogP contribution in [-0.2, 0) is 0 Å². The summed E-state index contributed by atoms with van der Waals surface area (Å²) in [5.74, 6) is 2.53. The molecule has 0 aliphatic heterocycles. The predicted molar refractivity (Wildman–Crippen MR) is 73.7 cm³/mol. The van der Waals surface area contributed by atoms with Crippen molar-refractivity contribution in [1.29, 1.82) is 0 Å². The van der Waals surface area contributed by atoms with E-state index in [2.05, 4.69) is 46.8 Å². The summed E-state index contributed by atoms with van der Waals surface area (Å²) in [7, 11) is 0. The molecule has 4 nitrogen and oxygen atoms in total. The first-order valence-electron chi connectivity index (χ1n) is 5.53. The maximum Gasteiger partial charge on any atom is 0.223 e. The van der Waals surface area contributed by atoms with Gasteiger partial charge in [-0.25, -0.2) is 4.98 Å². The topological polar surface area (TPSA) is 47.9 Å². The molecule has 2 aromatic heterocycles. The van der Waals surface area contributed by atoms with Crippen molar-refractivity contribution in [3.63, 3.8) is 0 Å². The summed E-state index contributed by atoms with van der Waals surface area (Å²) in [5.41, 5.74) is 0. The molecule has 1 saturated carbocycles. The Labute approximate surface area is 121 Å². The number of ether oxygens (including phenoxy) is 1. The molecule has 0 N–H and O–H groups in total. The van der Waals surface area contributed by atoms with Crippen LogP contribution < -0.4 is 4.74 Å². The van der Waals surface area contributed by atoms with Gasteiger partial charge in [0.25, 0.3) is 0 Å². The van der Waals surface area contributed by atoms with Gasteiger partial charge in [-0.1, -0.05) is 0 Å². The van der Waals surface area contributed by atoms with Crippen LogP contribution in [0.3, 0.4) is 0 Å². The quantitative estimate of drug-likeness (QED) is 0.764. The second kappa shape index (κ2) is 4.93. The van der Waals surface area contributed by atoms with Crippen molar-refractivity contribution in [1.82, 2.24) is 15.0 Å². The summed E-state index contributed by atoms with van der Waals surface area (Å²) in [6.45, 7) is 0. The fraction of sp³-hybridized carbons (Fsp3) is 0.250. The van der Waals surface area contributed by atoms with E-state index in [1.807, 2.05) is 6.07 Å². The first kappa shape index (κ1) is 12.0. The smallest absolute Gasteiger partial charge is 0.223 e. The van der Waals surface area contributed by atoms with Crippen molar-refractivity contribution in [3.8, 4) is 11.6 Å². The number of hydrogen-bond acceptors (Lipinski definition) is 4. The maximum absolute atomic E-state index is 5.68. The van der Waals surface area contributed by atoms with Gasteiger partial charge in [-0.2, -0.15) is 4.98 Å². The largest absolute Gasteiger partial charge is 0.437 e. The van der Waals surface area contributed by atoms with Crippen LogP contribution in [0.25, 0.3) is 0 Å². The van der Waals surface area contributed by atoms with E-state index in [0.29, 0.717) is 17.5 Å². The molecule has 0 aromatic carbocycles. The molecular weight excluding hydrogens is 362 g/mol. The fourth-order valence-electron chi connectivity index (χ4n) is 1.56. The SMILES string of the molecule is Brc1cncc(Oc2cc(Br)nc(C3CC3)n2)c1. The van der Waals surface area contributed by atoms with E-state index in [-0.39, 0.29) is 0 Å². The van der Waals surface area contributed by atoms with Gasteiger partial charge in [0.15, 0.2) is 0 Å². The highest BCUT2D eigenvalue weighted by molar-refractivity contribution is 9.10. The van der Waals surface area contributed by atoms with Crippen LogP contribution >= 0.6 is 31.9 Å². The summed E-state index contributed by atoms with van der Waals surface area (Å²) < 4.78 is 7.30. The van der Waals surface area contributed by atoms with Crippen LogP contribution in [0, 0.1) is 0 Å². The highest BCUT2D eigenvalue weighted by atomic mass is 79.9. The molecule has 0 radical (unpaired) electrons. The number of aromatic nitrogens is 3. The molecule has 2 aromatic rings. The van der Waals surface area contributed by atoms with Gasteiger partial charge >= 0.3 is 0 Å². The van der Waals surface area contributed by atoms with Gasteiger partial charge in [-0.15, -0.1) is 0 Å². The summed E-state index contributed by atoms with van der Waals surface area (Å²) in [5, 5.41) is 0. The molecule has 1 aliphatic rings. The molecule has 0 saturated heterocycles. The molecule has 0 unspecified atom stereocenters. The average molecular weight is 371 g/mol. The zero-order chi connectivity index (χ0) is 12.5. The van der Waals surface area contributed by atoms with E-state index in [1.165, 1.54) is 0 Å². The molecule has 6 heteroatoms. The maximum atomic E-state index is 5.68. The number of hydrogen-bond donors (Lipinski definition) is 0. The van der Waals surface area contributed by atoms with Crippen LogP contribution in [0.15, 0.2) is 33.6 Å². The summed E-state index contributed by atoms with van der Waals surface area (Å²) in [6, 6.07) is 3.60. The van der Waals surface area contributed by atoms with Crippen LogP contribution in [-0.4, -0.2) is 15.0 Å². The van der Waals surface area contributed by atoms with E-state index in [0.717, 1.165) is 27.7 Å². The zero-order valence-corrected chi connectivity index (χ0v) is 12.5. The van der Waals surface area contributed by atoms with Gasteiger partial charge in [0.1, 0.15) is 16.2 Å². The third kappa shape index (κ3) is 2.87. The molecule has 1 fully saturated rings. The molecular formula is C12H9Br2N3O. The van der Waals surface area contributed by atoms with Crippen LogP contribution in [0.1, 0.15) is 24.6 Å². The molecule has 92 valence electrons. The lowest BCUT2D eigenvalue weighted by Gasteiger charge is -2.06. The first-order valence-corrected chi connectivity index (χ1v) is 7.12. The van der Waals surface area contributed by atoms with Crippen molar-refractivity contribution < 1.29 is 4.74 Å². The lowest BCUT2D eigenvalue weighted by atomic mass is 10.4. The Hall–Kier alpha value is -1.01. The fourth-order valence-corrected chi connectivity index (χ4v) is 2.28. The highest BCUT2D eigenvalue weighted by Gasteiger charge is 2.27. The summed E-state index contributed by atoms with van der Waals surface area (Å²) in [6.07, 6.45) is 5.68.